The summed E-state index contributed by atoms with van der Waals surface area (Å²) in [4.78, 5) is 15.1. The largest absolute Gasteiger partial charge is 0.338 e. The molecular formula is C16H26N2O. The Balaban J connectivity index is 1.54. The molecule has 0 spiro atoms. The topological polar surface area (TPSA) is 46.3 Å². The third-order valence-corrected chi connectivity index (χ3v) is 6.44. The molecule has 5 fully saturated rings. The molecule has 1 amide bonds. The Labute approximate surface area is 115 Å². The van der Waals surface area contributed by atoms with Crippen LogP contribution in [0.5, 0.6) is 0 Å². The monoisotopic (exact) mass is 262 g/mol. The van der Waals surface area contributed by atoms with Crippen LogP contribution in [0.25, 0.3) is 0 Å². The van der Waals surface area contributed by atoms with Crippen LogP contribution in [0.4, 0.5) is 0 Å². The van der Waals surface area contributed by atoms with Crippen molar-refractivity contribution < 1.29 is 4.79 Å². The number of amides is 1. The summed E-state index contributed by atoms with van der Waals surface area (Å²) in [5.41, 5.74) is 5.84. The van der Waals surface area contributed by atoms with E-state index in [1.165, 1.54) is 32.1 Å². The van der Waals surface area contributed by atoms with E-state index >= 15 is 0 Å². The molecule has 2 N–H and O–H groups in total. The fraction of sp³-hybridized carbons (Fsp3) is 0.938. The van der Waals surface area contributed by atoms with E-state index in [0.717, 1.165) is 31.2 Å². The van der Waals surface area contributed by atoms with Crippen LogP contribution >= 0.6 is 0 Å². The first-order valence-electron chi connectivity index (χ1n) is 8.26. The van der Waals surface area contributed by atoms with Crippen molar-refractivity contribution in [1.82, 2.24) is 4.90 Å². The van der Waals surface area contributed by atoms with Gasteiger partial charge in [-0.05, 0) is 68.6 Å². The van der Waals surface area contributed by atoms with Crippen molar-refractivity contribution in [3.63, 3.8) is 0 Å². The normalized spacial score (nSPS) is 47.9. The molecule has 0 aromatic heterocycles. The third-order valence-electron chi connectivity index (χ3n) is 6.44. The molecule has 3 nitrogen and oxygen atoms in total. The minimum Gasteiger partial charge on any atom is -0.338 e. The number of hydrogen-bond donors (Lipinski definition) is 1. The number of nitrogens with two attached hydrogens (primary N) is 1. The molecule has 0 aromatic rings. The number of carbonyl (C=O) groups excluding carboxylic acids is 1. The number of hydrogen-bond acceptors (Lipinski definition) is 2. The molecule has 106 valence electrons. The van der Waals surface area contributed by atoms with Gasteiger partial charge in [-0.1, -0.05) is 0 Å². The fourth-order valence-corrected chi connectivity index (χ4v) is 5.89. The van der Waals surface area contributed by atoms with Crippen LogP contribution in [-0.4, -0.2) is 29.9 Å². The lowest BCUT2D eigenvalue weighted by Gasteiger charge is -2.54. The van der Waals surface area contributed by atoms with Crippen LogP contribution in [-0.2, 0) is 4.79 Å². The van der Waals surface area contributed by atoms with Gasteiger partial charge in [-0.25, -0.2) is 0 Å². The van der Waals surface area contributed by atoms with Crippen LogP contribution in [0.3, 0.4) is 0 Å². The van der Waals surface area contributed by atoms with Crippen LogP contribution in [0.1, 0.15) is 44.9 Å². The van der Waals surface area contributed by atoms with Crippen LogP contribution in [0.2, 0.25) is 0 Å². The SMILES string of the molecule is NCC1CCCN1C(=O)C1C2CC3CC(C2)CC1C3. The molecule has 1 atom stereocenters. The van der Waals surface area contributed by atoms with Gasteiger partial charge in [0.05, 0.1) is 0 Å². The zero-order chi connectivity index (χ0) is 13.0. The van der Waals surface area contributed by atoms with E-state index in [4.69, 9.17) is 5.73 Å². The van der Waals surface area contributed by atoms with Gasteiger partial charge in [0.25, 0.3) is 0 Å². The summed E-state index contributed by atoms with van der Waals surface area (Å²) in [5, 5.41) is 0. The molecule has 5 rings (SSSR count). The second-order valence-corrected chi connectivity index (χ2v) is 7.52. The van der Waals surface area contributed by atoms with Crippen molar-refractivity contribution in [2.75, 3.05) is 13.1 Å². The van der Waals surface area contributed by atoms with Crippen LogP contribution < -0.4 is 5.73 Å². The van der Waals surface area contributed by atoms with E-state index < -0.39 is 0 Å². The summed E-state index contributed by atoms with van der Waals surface area (Å²) in [6.45, 7) is 1.61. The molecule has 19 heavy (non-hydrogen) atoms. The first kappa shape index (κ1) is 12.2. The molecule has 0 aromatic carbocycles. The van der Waals surface area contributed by atoms with Crippen molar-refractivity contribution in [2.45, 2.75) is 51.0 Å². The number of rotatable bonds is 2. The summed E-state index contributed by atoms with van der Waals surface area (Å²) in [7, 11) is 0. The minimum atomic E-state index is 0.338. The maximum atomic E-state index is 13.0. The van der Waals surface area contributed by atoms with E-state index in [2.05, 4.69) is 4.90 Å². The van der Waals surface area contributed by atoms with Gasteiger partial charge in [-0.2, -0.15) is 0 Å². The zero-order valence-corrected chi connectivity index (χ0v) is 11.8. The Morgan fingerprint density at radius 3 is 2.26 bits per heavy atom. The number of nitrogens with zero attached hydrogens (tertiary/aromatic N) is 1. The van der Waals surface area contributed by atoms with Crippen LogP contribution in [0.15, 0.2) is 0 Å². The average molecular weight is 262 g/mol. The minimum absolute atomic E-state index is 0.338. The molecule has 0 radical (unpaired) electrons. The van der Waals surface area contributed by atoms with Crippen molar-refractivity contribution in [2.24, 2.45) is 35.3 Å². The lowest BCUT2D eigenvalue weighted by atomic mass is 9.51. The number of carbonyl (C=O) groups is 1. The van der Waals surface area contributed by atoms with Crippen molar-refractivity contribution in [3.8, 4) is 0 Å². The Morgan fingerprint density at radius 2 is 1.68 bits per heavy atom. The highest BCUT2D eigenvalue weighted by Crippen LogP contribution is 2.57. The Morgan fingerprint density at radius 1 is 1.05 bits per heavy atom. The summed E-state index contributed by atoms with van der Waals surface area (Å²) in [6, 6.07) is 0.338. The van der Waals surface area contributed by atoms with E-state index in [1.54, 1.807) is 0 Å². The van der Waals surface area contributed by atoms with E-state index in [9.17, 15) is 4.79 Å². The van der Waals surface area contributed by atoms with E-state index in [0.29, 0.717) is 36.2 Å². The quantitative estimate of drug-likeness (QED) is 0.827. The molecule has 1 unspecified atom stereocenters. The van der Waals surface area contributed by atoms with Gasteiger partial charge < -0.3 is 10.6 Å². The van der Waals surface area contributed by atoms with Gasteiger partial charge in [0.1, 0.15) is 0 Å². The summed E-state index contributed by atoms with van der Waals surface area (Å²) in [5.74, 6) is 4.16. The van der Waals surface area contributed by atoms with Crippen molar-refractivity contribution >= 4 is 5.91 Å². The Kier molecular flexibility index (Phi) is 2.87. The molecule has 5 aliphatic rings. The standard InChI is InChI=1S/C16H26N2O/c17-9-14-2-1-3-18(14)16(19)15-12-5-10-4-11(7-12)8-13(15)6-10/h10-15H,1-9,17H2. The van der Waals surface area contributed by atoms with Gasteiger partial charge >= 0.3 is 0 Å². The van der Waals surface area contributed by atoms with Gasteiger partial charge in [0.15, 0.2) is 0 Å². The predicted octanol–water partition coefficient (Wildman–Crippen LogP) is 2.01. The summed E-state index contributed by atoms with van der Waals surface area (Å²) >= 11 is 0. The molecule has 1 saturated heterocycles. The van der Waals surface area contributed by atoms with Gasteiger partial charge in [0.2, 0.25) is 5.91 Å². The maximum Gasteiger partial charge on any atom is 0.226 e. The fourth-order valence-electron chi connectivity index (χ4n) is 5.89. The lowest BCUT2D eigenvalue weighted by Crippen LogP contribution is -2.53. The second-order valence-electron chi connectivity index (χ2n) is 7.52. The number of likely N-dealkylation sites (tertiary alicyclic amines) is 1. The maximum absolute atomic E-state index is 13.0. The van der Waals surface area contributed by atoms with Crippen molar-refractivity contribution in [1.29, 1.82) is 0 Å². The first-order chi connectivity index (χ1) is 9.26. The Bertz CT molecular complexity index is 353. The highest BCUT2D eigenvalue weighted by Gasteiger charge is 2.52. The Hall–Kier alpha value is -0.570. The average Bonchev–Trinajstić information content (AvgIpc) is 2.85. The molecule has 4 aliphatic carbocycles. The van der Waals surface area contributed by atoms with E-state index in [1.807, 2.05) is 0 Å². The summed E-state index contributed by atoms with van der Waals surface area (Å²) < 4.78 is 0. The zero-order valence-electron chi connectivity index (χ0n) is 11.8. The lowest BCUT2D eigenvalue weighted by molar-refractivity contribution is -0.149. The van der Waals surface area contributed by atoms with E-state index in [-0.39, 0.29) is 0 Å². The highest BCUT2D eigenvalue weighted by atomic mass is 16.2. The molecule has 1 heterocycles. The predicted molar refractivity (Wildman–Crippen MR) is 74.3 cm³/mol. The van der Waals surface area contributed by atoms with Crippen molar-refractivity contribution in [3.05, 3.63) is 0 Å². The molecule has 4 saturated carbocycles. The van der Waals surface area contributed by atoms with Crippen LogP contribution in [0, 0.1) is 29.6 Å². The summed E-state index contributed by atoms with van der Waals surface area (Å²) in [6.07, 6.45) is 9.09. The smallest absolute Gasteiger partial charge is 0.226 e. The molecule has 4 bridgehead atoms. The molecule has 1 aliphatic heterocycles. The highest BCUT2D eigenvalue weighted by molar-refractivity contribution is 5.80. The third kappa shape index (κ3) is 1.84. The van der Waals surface area contributed by atoms with Gasteiger partial charge in [-0.3, -0.25) is 4.79 Å². The molecular weight excluding hydrogens is 236 g/mol. The van der Waals surface area contributed by atoms with Gasteiger partial charge in [-0.15, -0.1) is 0 Å². The molecule has 3 heteroatoms. The second kappa shape index (κ2) is 4.47. The van der Waals surface area contributed by atoms with Gasteiger partial charge in [0, 0.05) is 25.0 Å². The first-order valence-corrected chi connectivity index (χ1v) is 8.26.